The van der Waals surface area contributed by atoms with E-state index in [1.807, 2.05) is 42.5 Å². The molecule has 0 fully saturated rings. The lowest BCUT2D eigenvalue weighted by molar-refractivity contribution is 1.18. The first-order valence-electron chi connectivity index (χ1n) is 14.2. The molecular weight excluding hydrogens is 522 g/mol. The van der Waals surface area contributed by atoms with Gasteiger partial charge in [0.25, 0.3) is 0 Å². The second-order valence-electron chi connectivity index (χ2n) is 10.8. The van der Waals surface area contributed by atoms with E-state index in [9.17, 15) is 10.5 Å². The summed E-state index contributed by atoms with van der Waals surface area (Å²) in [4.78, 5) is 0. The summed E-state index contributed by atoms with van der Waals surface area (Å²) in [6.07, 6.45) is 0. The third-order valence-corrected chi connectivity index (χ3v) is 8.46. The Bertz CT molecular complexity index is 2460. The van der Waals surface area contributed by atoms with Crippen molar-refractivity contribution in [3.63, 3.8) is 0 Å². The van der Waals surface area contributed by atoms with E-state index in [1.54, 1.807) is 0 Å². The fourth-order valence-electron chi connectivity index (χ4n) is 6.47. The highest BCUT2D eigenvalue weighted by Crippen LogP contribution is 2.40. The highest BCUT2D eigenvalue weighted by Gasteiger charge is 2.16. The maximum absolute atomic E-state index is 9.70. The van der Waals surface area contributed by atoms with Crippen molar-refractivity contribution < 1.29 is 0 Å². The molecule has 0 spiro atoms. The van der Waals surface area contributed by atoms with Crippen molar-refractivity contribution in [2.45, 2.75) is 0 Å². The van der Waals surface area contributed by atoms with Gasteiger partial charge in [-0.1, -0.05) is 84.9 Å². The van der Waals surface area contributed by atoms with Gasteiger partial charge in [-0.25, -0.2) is 0 Å². The molecule has 7 aromatic carbocycles. The van der Waals surface area contributed by atoms with Crippen molar-refractivity contribution in [1.82, 2.24) is 4.57 Å². The van der Waals surface area contributed by atoms with Crippen molar-refractivity contribution in [2.24, 2.45) is 0 Å². The van der Waals surface area contributed by atoms with E-state index in [0.29, 0.717) is 11.1 Å². The Morgan fingerprint density at radius 3 is 1.77 bits per heavy atom. The van der Waals surface area contributed by atoms with Crippen molar-refractivity contribution in [3.8, 4) is 40.1 Å². The zero-order chi connectivity index (χ0) is 28.9. The standard InChI is InChI=1S/C40H23N3/c41-24-26-12-16-30(17-13-26)43-39-20-14-27(25-42)22-37(39)38-23-29(15-21-40(38)43)32-18-19-36(35-10-4-3-9-33(32)35)34-11-5-7-28-6-1-2-8-31(28)34/h1-23H. The lowest BCUT2D eigenvalue weighted by atomic mass is 9.90. The molecule has 0 N–H and O–H groups in total. The number of fused-ring (bicyclic) bond motifs is 5. The first-order chi connectivity index (χ1) is 21.2. The Hall–Kier alpha value is -6.16. The predicted molar refractivity (Wildman–Crippen MR) is 176 cm³/mol. The van der Waals surface area contributed by atoms with Crippen LogP contribution >= 0.6 is 0 Å². The monoisotopic (exact) mass is 545 g/mol. The number of benzene rings is 7. The van der Waals surface area contributed by atoms with E-state index >= 15 is 0 Å². The van der Waals surface area contributed by atoms with Gasteiger partial charge in [-0.3, -0.25) is 0 Å². The van der Waals surface area contributed by atoms with Gasteiger partial charge in [-0.2, -0.15) is 10.5 Å². The predicted octanol–water partition coefficient (Wildman–Crippen LogP) is 10.2. The number of nitrogens with zero attached hydrogens (tertiary/aromatic N) is 3. The van der Waals surface area contributed by atoms with Crippen LogP contribution in [-0.2, 0) is 0 Å². The minimum atomic E-state index is 0.623. The van der Waals surface area contributed by atoms with Crippen molar-refractivity contribution in [2.75, 3.05) is 0 Å². The molecule has 0 amide bonds. The van der Waals surface area contributed by atoms with E-state index in [0.717, 1.165) is 38.6 Å². The van der Waals surface area contributed by atoms with Crippen LogP contribution in [0.3, 0.4) is 0 Å². The van der Waals surface area contributed by atoms with Crippen molar-refractivity contribution in [1.29, 1.82) is 10.5 Å². The number of nitriles is 2. The summed E-state index contributed by atoms with van der Waals surface area (Å²) in [5.41, 5.74) is 9.02. The molecule has 0 bridgehead atoms. The molecule has 1 heterocycles. The van der Waals surface area contributed by atoms with Crippen LogP contribution in [0.25, 0.3) is 71.3 Å². The topological polar surface area (TPSA) is 52.5 Å². The molecule has 198 valence electrons. The second-order valence-corrected chi connectivity index (χ2v) is 10.8. The molecule has 0 radical (unpaired) electrons. The summed E-state index contributed by atoms with van der Waals surface area (Å²) in [6, 6.07) is 52.8. The molecule has 43 heavy (non-hydrogen) atoms. The largest absolute Gasteiger partial charge is 0.309 e. The van der Waals surface area contributed by atoms with Crippen LogP contribution in [0.1, 0.15) is 11.1 Å². The minimum absolute atomic E-state index is 0.623. The fourth-order valence-corrected chi connectivity index (χ4v) is 6.47. The summed E-state index contributed by atoms with van der Waals surface area (Å²) in [5.74, 6) is 0. The second kappa shape index (κ2) is 9.74. The van der Waals surface area contributed by atoms with E-state index in [2.05, 4.69) is 114 Å². The summed E-state index contributed by atoms with van der Waals surface area (Å²) < 4.78 is 2.21. The molecule has 0 saturated heterocycles. The molecule has 0 aliphatic rings. The Labute approximate surface area is 248 Å². The Morgan fingerprint density at radius 2 is 1.00 bits per heavy atom. The number of rotatable bonds is 3. The molecule has 0 aliphatic carbocycles. The Morgan fingerprint density at radius 1 is 0.419 bits per heavy atom. The third kappa shape index (κ3) is 3.88. The number of hydrogen-bond donors (Lipinski definition) is 0. The molecule has 3 nitrogen and oxygen atoms in total. The fraction of sp³-hybridized carbons (Fsp3) is 0. The minimum Gasteiger partial charge on any atom is -0.309 e. The van der Waals surface area contributed by atoms with Gasteiger partial charge in [0.1, 0.15) is 0 Å². The van der Waals surface area contributed by atoms with Crippen LogP contribution in [0.2, 0.25) is 0 Å². The smallest absolute Gasteiger partial charge is 0.0991 e. The molecule has 0 aliphatic heterocycles. The summed E-state index contributed by atoms with van der Waals surface area (Å²) in [5, 5.41) is 26.0. The van der Waals surface area contributed by atoms with Gasteiger partial charge in [0.15, 0.2) is 0 Å². The molecular formula is C40H23N3. The van der Waals surface area contributed by atoms with E-state index in [4.69, 9.17) is 0 Å². The molecule has 0 atom stereocenters. The highest BCUT2D eigenvalue weighted by molar-refractivity contribution is 6.13. The molecule has 8 rings (SSSR count). The van der Waals surface area contributed by atoms with E-state index in [1.165, 1.54) is 32.7 Å². The molecule has 1 aromatic heterocycles. The summed E-state index contributed by atoms with van der Waals surface area (Å²) in [7, 11) is 0. The molecule has 8 aromatic rings. The zero-order valence-corrected chi connectivity index (χ0v) is 23.1. The molecule has 3 heteroatoms. The van der Waals surface area contributed by atoms with Gasteiger partial charge < -0.3 is 4.57 Å². The van der Waals surface area contributed by atoms with Gasteiger partial charge in [0.2, 0.25) is 0 Å². The van der Waals surface area contributed by atoms with E-state index in [-0.39, 0.29) is 0 Å². The van der Waals surface area contributed by atoms with Gasteiger partial charge in [-0.15, -0.1) is 0 Å². The van der Waals surface area contributed by atoms with Crippen LogP contribution in [-0.4, -0.2) is 4.57 Å². The lowest BCUT2D eigenvalue weighted by Gasteiger charge is -2.14. The van der Waals surface area contributed by atoms with Gasteiger partial charge in [0, 0.05) is 16.5 Å². The van der Waals surface area contributed by atoms with Gasteiger partial charge in [0.05, 0.1) is 34.3 Å². The summed E-state index contributed by atoms with van der Waals surface area (Å²) in [6.45, 7) is 0. The van der Waals surface area contributed by atoms with Crippen molar-refractivity contribution >= 4 is 43.4 Å². The first-order valence-corrected chi connectivity index (χ1v) is 14.2. The molecule has 0 unspecified atom stereocenters. The first kappa shape index (κ1) is 24.6. The third-order valence-electron chi connectivity index (χ3n) is 8.46. The van der Waals surface area contributed by atoms with E-state index < -0.39 is 0 Å². The Kier molecular flexibility index (Phi) is 5.58. The van der Waals surface area contributed by atoms with Crippen LogP contribution in [0.4, 0.5) is 0 Å². The van der Waals surface area contributed by atoms with Crippen LogP contribution in [0.5, 0.6) is 0 Å². The van der Waals surface area contributed by atoms with Crippen LogP contribution in [0, 0.1) is 22.7 Å². The highest BCUT2D eigenvalue weighted by atomic mass is 15.0. The van der Waals surface area contributed by atoms with Crippen LogP contribution < -0.4 is 0 Å². The van der Waals surface area contributed by atoms with Gasteiger partial charge >= 0.3 is 0 Å². The number of hydrogen-bond acceptors (Lipinski definition) is 2. The number of aromatic nitrogens is 1. The molecule has 0 saturated carbocycles. The maximum atomic E-state index is 9.70. The SMILES string of the molecule is N#Cc1ccc(-n2c3ccc(C#N)cc3c3cc(-c4ccc(-c5cccc6ccccc56)c5ccccc45)ccc32)cc1. The summed E-state index contributed by atoms with van der Waals surface area (Å²) >= 11 is 0. The van der Waals surface area contributed by atoms with Gasteiger partial charge in [-0.05, 0) is 98.4 Å². The lowest BCUT2D eigenvalue weighted by Crippen LogP contribution is -1.94. The van der Waals surface area contributed by atoms with Crippen LogP contribution in [0.15, 0.2) is 140 Å². The van der Waals surface area contributed by atoms with Crippen molar-refractivity contribution in [3.05, 3.63) is 151 Å². The Balaban J connectivity index is 1.37. The average molecular weight is 546 g/mol. The quantitative estimate of drug-likeness (QED) is 0.222. The maximum Gasteiger partial charge on any atom is 0.0991 e. The normalized spacial score (nSPS) is 11.2. The zero-order valence-electron chi connectivity index (χ0n) is 23.1. The average Bonchev–Trinajstić information content (AvgIpc) is 3.40.